The summed E-state index contributed by atoms with van der Waals surface area (Å²) in [6.45, 7) is 7.22. The number of hydrogen-bond acceptors (Lipinski definition) is 8. The maximum Gasteiger partial charge on any atom is 0.294 e. The third-order valence-corrected chi connectivity index (χ3v) is 4.62. The number of hydrogen-bond donors (Lipinski definition) is 1. The number of ether oxygens (including phenoxy) is 1. The predicted octanol–water partition coefficient (Wildman–Crippen LogP) is 1.79. The molecule has 0 spiro atoms. The molecule has 0 saturated carbocycles. The maximum absolute atomic E-state index is 5.36. The fourth-order valence-corrected chi connectivity index (χ4v) is 3.33. The van der Waals surface area contributed by atoms with Crippen LogP contribution in [0.4, 0.5) is 5.82 Å². The number of aryl methyl sites for hydroxylation is 1. The summed E-state index contributed by atoms with van der Waals surface area (Å²) in [5.41, 5.74) is 0.946. The largest absolute Gasteiger partial charge is 0.469 e. The van der Waals surface area contributed by atoms with Crippen molar-refractivity contribution in [3.05, 3.63) is 22.8 Å². The molecule has 124 valence electrons. The van der Waals surface area contributed by atoms with Gasteiger partial charge in [-0.25, -0.2) is 0 Å². The van der Waals surface area contributed by atoms with E-state index >= 15 is 0 Å². The molecule has 1 atom stereocenters. The van der Waals surface area contributed by atoms with Crippen LogP contribution in [-0.2, 0) is 6.54 Å². The molecule has 0 unspecified atom stereocenters. The van der Waals surface area contributed by atoms with Crippen LogP contribution in [0.5, 0.6) is 5.19 Å². The molecule has 23 heavy (non-hydrogen) atoms. The van der Waals surface area contributed by atoms with Crippen LogP contribution in [0.15, 0.2) is 12.1 Å². The summed E-state index contributed by atoms with van der Waals surface area (Å²) >= 11 is 1.50. The molecule has 1 N–H and O–H groups in total. The van der Waals surface area contributed by atoms with Crippen molar-refractivity contribution in [2.45, 2.75) is 39.3 Å². The standard InChI is InChI=1S/C15H22N6OS/c1-3-22-15-20-19-14(23-15)9-16-12-5-4-8-21(10-12)13-7-6-11(2)17-18-13/h6-7,12,16H,3-5,8-10H2,1-2H3/t12-/m1/s1. The van der Waals surface area contributed by atoms with E-state index in [1.165, 1.54) is 11.3 Å². The monoisotopic (exact) mass is 334 g/mol. The lowest BCUT2D eigenvalue weighted by Gasteiger charge is -2.33. The Kier molecular flexibility index (Phi) is 5.35. The second kappa shape index (κ2) is 7.65. The first-order valence-corrected chi connectivity index (χ1v) is 8.80. The van der Waals surface area contributed by atoms with E-state index < -0.39 is 0 Å². The Hall–Kier alpha value is -1.80. The van der Waals surface area contributed by atoms with Crippen molar-refractivity contribution in [2.75, 3.05) is 24.6 Å². The second-order valence-corrected chi connectivity index (χ2v) is 6.62. The van der Waals surface area contributed by atoms with Crippen molar-refractivity contribution in [2.24, 2.45) is 0 Å². The third kappa shape index (κ3) is 4.35. The lowest BCUT2D eigenvalue weighted by atomic mass is 10.1. The zero-order valence-electron chi connectivity index (χ0n) is 13.5. The van der Waals surface area contributed by atoms with Crippen LogP contribution in [-0.4, -0.2) is 46.1 Å². The summed E-state index contributed by atoms with van der Waals surface area (Å²) in [6, 6.07) is 4.48. The molecule has 1 aliphatic rings. The van der Waals surface area contributed by atoms with Crippen LogP contribution >= 0.6 is 11.3 Å². The minimum Gasteiger partial charge on any atom is -0.469 e. The number of nitrogens with zero attached hydrogens (tertiary/aromatic N) is 5. The molecular weight excluding hydrogens is 312 g/mol. The third-order valence-electron chi connectivity index (χ3n) is 3.79. The van der Waals surface area contributed by atoms with E-state index in [0.29, 0.717) is 17.8 Å². The number of nitrogens with one attached hydrogen (secondary N) is 1. The van der Waals surface area contributed by atoms with Crippen molar-refractivity contribution in [1.82, 2.24) is 25.7 Å². The van der Waals surface area contributed by atoms with Gasteiger partial charge in [0.05, 0.1) is 18.8 Å². The lowest BCUT2D eigenvalue weighted by molar-refractivity contribution is 0.335. The van der Waals surface area contributed by atoms with Crippen LogP contribution in [0.3, 0.4) is 0 Å². The van der Waals surface area contributed by atoms with Crippen LogP contribution in [0.25, 0.3) is 0 Å². The Morgan fingerprint density at radius 3 is 3.00 bits per heavy atom. The summed E-state index contributed by atoms with van der Waals surface area (Å²) in [5.74, 6) is 0.955. The van der Waals surface area contributed by atoms with E-state index in [1.54, 1.807) is 0 Å². The maximum atomic E-state index is 5.36. The molecule has 0 amide bonds. The average Bonchev–Trinajstić information content (AvgIpc) is 3.02. The smallest absolute Gasteiger partial charge is 0.294 e. The fraction of sp³-hybridized carbons (Fsp3) is 0.600. The van der Waals surface area contributed by atoms with Crippen LogP contribution in [0, 0.1) is 6.92 Å². The number of anilines is 1. The van der Waals surface area contributed by atoms with E-state index in [4.69, 9.17) is 4.74 Å². The Morgan fingerprint density at radius 2 is 2.22 bits per heavy atom. The predicted molar refractivity (Wildman–Crippen MR) is 89.9 cm³/mol. The van der Waals surface area contributed by atoms with E-state index in [9.17, 15) is 0 Å². The van der Waals surface area contributed by atoms with E-state index in [2.05, 4.69) is 30.6 Å². The van der Waals surface area contributed by atoms with Gasteiger partial charge in [0.2, 0.25) is 0 Å². The van der Waals surface area contributed by atoms with Gasteiger partial charge in [-0.05, 0) is 38.8 Å². The van der Waals surface area contributed by atoms with Crippen LogP contribution < -0.4 is 15.0 Å². The molecule has 1 aliphatic heterocycles. The number of rotatable bonds is 6. The van der Waals surface area contributed by atoms with Gasteiger partial charge < -0.3 is 15.0 Å². The van der Waals surface area contributed by atoms with Gasteiger partial charge in [0.1, 0.15) is 5.01 Å². The molecule has 8 heteroatoms. The van der Waals surface area contributed by atoms with Crippen LogP contribution in [0.1, 0.15) is 30.5 Å². The Labute approximate surface area is 140 Å². The summed E-state index contributed by atoms with van der Waals surface area (Å²) in [5, 5.41) is 21.8. The fourth-order valence-electron chi connectivity index (χ4n) is 2.64. The zero-order chi connectivity index (χ0) is 16.1. The highest BCUT2D eigenvalue weighted by atomic mass is 32.1. The molecule has 1 saturated heterocycles. The first kappa shape index (κ1) is 16.1. The van der Waals surface area contributed by atoms with Crippen molar-refractivity contribution < 1.29 is 4.74 Å². The van der Waals surface area contributed by atoms with Crippen molar-refractivity contribution in [1.29, 1.82) is 0 Å². The summed E-state index contributed by atoms with van der Waals surface area (Å²) in [4.78, 5) is 2.29. The number of piperidine rings is 1. The van der Waals surface area contributed by atoms with E-state index in [0.717, 1.165) is 49.0 Å². The SMILES string of the molecule is CCOc1nnc(CN[C@@H]2CCCN(c3ccc(C)nn3)C2)s1. The highest BCUT2D eigenvalue weighted by molar-refractivity contribution is 7.13. The molecule has 2 aromatic rings. The molecule has 3 heterocycles. The van der Waals surface area contributed by atoms with E-state index in [1.807, 2.05) is 26.0 Å². The molecule has 3 rings (SSSR count). The topological polar surface area (TPSA) is 76.1 Å². The summed E-state index contributed by atoms with van der Waals surface area (Å²) in [6.07, 6.45) is 2.31. The Morgan fingerprint density at radius 1 is 1.30 bits per heavy atom. The average molecular weight is 334 g/mol. The number of aromatic nitrogens is 4. The molecule has 2 aromatic heterocycles. The zero-order valence-corrected chi connectivity index (χ0v) is 14.3. The Balaban J connectivity index is 1.53. The summed E-state index contributed by atoms with van der Waals surface area (Å²) < 4.78 is 5.36. The van der Waals surface area contributed by atoms with Crippen molar-refractivity contribution in [3.63, 3.8) is 0 Å². The van der Waals surface area contributed by atoms with Gasteiger partial charge in [0.25, 0.3) is 5.19 Å². The minimum atomic E-state index is 0.422. The van der Waals surface area contributed by atoms with Crippen molar-refractivity contribution in [3.8, 4) is 5.19 Å². The van der Waals surface area contributed by atoms with Gasteiger partial charge in [-0.2, -0.15) is 5.10 Å². The van der Waals surface area contributed by atoms with Gasteiger partial charge in [-0.3, -0.25) is 0 Å². The first-order valence-electron chi connectivity index (χ1n) is 7.98. The molecule has 0 bridgehead atoms. The van der Waals surface area contributed by atoms with Gasteiger partial charge in [0.15, 0.2) is 5.82 Å². The minimum absolute atomic E-state index is 0.422. The molecule has 0 aliphatic carbocycles. The Bertz CT molecular complexity index is 617. The van der Waals surface area contributed by atoms with Crippen LogP contribution in [0.2, 0.25) is 0 Å². The molecule has 7 nitrogen and oxygen atoms in total. The van der Waals surface area contributed by atoms with Crippen molar-refractivity contribution >= 4 is 17.2 Å². The van der Waals surface area contributed by atoms with Gasteiger partial charge in [0, 0.05) is 19.1 Å². The molecule has 1 fully saturated rings. The van der Waals surface area contributed by atoms with Gasteiger partial charge in [-0.15, -0.1) is 15.3 Å². The van der Waals surface area contributed by atoms with Gasteiger partial charge >= 0.3 is 0 Å². The molecule has 0 radical (unpaired) electrons. The molecular formula is C15H22N6OS. The highest BCUT2D eigenvalue weighted by Crippen LogP contribution is 2.20. The molecule has 0 aromatic carbocycles. The lowest BCUT2D eigenvalue weighted by Crippen LogP contribution is -2.45. The van der Waals surface area contributed by atoms with Gasteiger partial charge in [-0.1, -0.05) is 11.3 Å². The van der Waals surface area contributed by atoms with E-state index in [-0.39, 0.29) is 0 Å². The second-order valence-electron chi connectivity index (χ2n) is 5.59. The quantitative estimate of drug-likeness (QED) is 0.863. The first-order chi connectivity index (χ1) is 11.2. The highest BCUT2D eigenvalue weighted by Gasteiger charge is 2.21. The normalized spacial score (nSPS) is 18.2. The summed E-state index contributed by atoms with van der Waals surface area (Å²) in [7, 11) is 0.